The van der Waals surface area contributed by atoms with Crippen molar-refractivity contribution in [3.8, 4) is 11.6 Å². The number of rotatable bonds is 9. The lowest BCUT2D eigenvalue weighted by Gasteiger charge is -2.25. The van der Waals surface area contributed by atoms with Crippen molar-refractivity contribution in [3.63, 3.8) is 0 Å². The Balaban J connectivity index is 1.67. The van der Waals surface area contributed by atoms with Gasteiger partial charge in [0.1, 0.15) is 11.6 Å². The predicted molar refractivity (Wildman–Crippen MR) is 146 cm³/mol. The molecule has 0 saturated carbocycles. The number of aromatic nitrogens is 3. The molecule has 0 fully saturated rings. The molecule has 2 aromatic heterocycles. The summed E-state index contributed by atoms with van der Waals surface area (Å²) in [6, 6.07) is 13.0. The van der Waals surface area contributed by atoms with Gasteiger partial charge in [0.05, 0.1) is 16.9 Å². The number of aromatic hydroxyl groups is 1. The van der Waals surface area contributed by atoms with Gasteiger partial charge in [0.25, 0.3) is 0 Å². The lowest BCUT2D eigenvalue weighted by atomic mass is 10.1. The maximum atomic E-state index is 12.2. The van der Waals surface area contributed by atoms with Gasteiger partial charge in [-0.1, -0.05) is 12.6 Å². The third kappa shape index (κ3) is 5.31. The summed E-state index contributed by atoms with van der Waals surface area (Å²) in [5.41, 5.74) is 4.16. The fourth-order valence-corrected chi connectivity index (χ4v) is 3.91. The van der Waals surface area contributed by atoms with Crippen LogP contribution in [-0.2, 0) is 4.79 Å². The fourth-order valence-electron chi connectivity index (χ4n) is 3.91. The highest BCUT2D eigenvalue weighted by Gasteiger charge is 2.15. The molecule has 0 unspecified atom stereocenters. The summed E-state index contributed by atoms with van der Waals surface area (Å²) in [5.74, 6) is 1.00. The van der Waals surface area contributed by atoms with Gasteiger partial charge in [-0.25, -0.2) is 4.98 Å². The van der Waals surface area contributed by atoms with E-state index >= 15 is 0 Å². The summed E-state index contributed by atoms with van der Waals surface area (Å²) in [5, 5.41) is 17.1. The Hall–Kier alpha value is -4.37. The minimum absolute atomic E-state index is 0.221. The molecule has 0 aliphatic carbocycles. The topological polar surface area (TPSA) is 98.5 Å². The van der Waals surface area contributed by atoms with Crippen molar-refractivity contribution in [2.75, 3.05) is 49.8 Å². The number of fused-ring (bicyclic) bond motifs is 1. The van der Waals surface area contributed by atoms with Crippen LogP contribution in [0.25, 0.3) is 16.7 Å². The minimum Gasteiger partial charge on any atom is -0.507 e. The van der Waals surface area contributed by atoms with Gasteiger partial charge in [0.15, 0.2) is 0 Å². The van der Waals surface area contributed by atoms with Crippen molar-refractivity contribution in [2.24, 2.45) is 0 Å². The number of likely N-dealkylation sites (N-methyl/N-ethyl adjacent to an activating group) is 2. The van der Waals surface area contributed by atoms with Gasteiger partial charge < -0.3 is 30.1 Å². The molecule has 4 aromatic rings. The molecule has 9 heteroatoms. The van der Waals surface area contributed by atoms with Crippen molar-refractivity contribution in [1.29, 1.82) is 0 Å². The average Bonchev–Trinajstić information content (AvgIpc) is 3.30. The van der Waals surface area contributed by atoms with E-state index in [0.717, 1.165) is 40.9 Å². The van der Waals surface area contributed by atoms with Crippen molar-refractivity contribution >= 4 is 39.8 Å². The van der Waals surface area contributed by atoms with Crippen LogP contribution < -0.4 is 15.5 Å². The summed E-state index contributed by atoms with van der Waals surface area (Å²) in [6.45, 7) is 7.24. The van der Waals surface area contributed by atoms with Gasteiger partial charge >= 0.3 is 0 Å². The smallest absolute Gasteiger partial charge is 0.247 e. The van der Waals surface area contributed by atoms with E-state index in [1.807, 2.05) is 63.1 Å². The van der Waals surface area contributed by atoms with E-state index in [-0.39, 0.29) is 11.7 Å². The largest absolute Gasteiger partial charge is 0.507 e. The highest BCUT2D eigenvalue weighted by atomic mass is 16.3. The van der Waals surface area contributed by atoms with E-state index in [2.05, 4.69) is 37.0 Å². The van der Waals surface area contributed by atoms with Gasteiger partial charge in [-0.15, -0.1) is 0 Å². The number of anilines is 4. The summed E-state index contributed by atoms with van der Waals surface area (Å²) in [6.07, 6.45) is 4.80. The normalized spacial score (nSPS) is 11.0. The highest BCUT2D eigenvalue weighted by Crippen LogP contribution is 2.33. The average molecular weight is 486 g/mol. The molecule has 9 nitrogen and oxygen atoms in total. The summed E-state index contributed by atoms with van der Waals surface area (Å²) < 4.78 is 1.90. The minimum atomic E-state index is -0.284. The highest BCUT2D eigenvalue weighted by molar-refractivity contribution is 6.02. The fraction of sp³-hybridized carbons (Fsp3) is 0.222. The zero-order valence-electron chi connectivity index (χ0n) is 21.0. The second-order valence-electron chi connectivity index (χ2n) is 8.86. The van der Waals surface area contributed by atoms with Crippen LogP contribution >= 0.6 is 0 Å². The second-order valence-corrected chi connectivity index (χ2v) is 8.86. The molecule has 0 saturated heterocycles. The number of phenolic OH excluding ortho intramolecular Hbond substituents is 1. The van der Waals surface area contributed by atoms with Crippen LogP contribution in [0.3, 0.4) is 0 Å². The van der Waals surface area contributed by atoms with Gasteiger partial charge in [-0.05, 0) is 69.1 Å². The lowest BCUT2D eigenvalue weighted by molar-refractivity contribution is -0.111. The third-order valence-corrected chi connectivity index (χ3v) is 5.92. The Kier molecular flexibility index (Phi) is 7.21. The number of aryl methyl sites for hydroxylation is 1. The van der Waals surface area contributed by atoms with E-state index < -0.39 is 0 Å². The third-order valence-electron chi connectivity index (χ3n) is 5.92. The van der Waals surface area contributed by atoms with Gasteiger partial charge in [-0.3, -0.25) is 4.79 Å². The molecule has 0 aliphatic heterocycles. The molecule has 0 bridgehead atoms. The first-order valence-electron chi connectivity index (χ1n) is 11.6. The first-order chi connectivity index (χ1) is 17.3. The van der Waals surface area contributed by atoms with E-state index in [9.17, 15) is 9.90 Å². The van der Waals surface area contributed by atoms with E-state index in [1.165, 1.54) is 6.08 Å². The first kappa shape index (κ1) is 24.7. The first-order valence-corrected chi connectivity index (χ1v) is 11.6. The Labute approximate surface area is 210 Å². The molecule has 1 amide bonds. The van der Waals surface area contributed by atoms with E-state index in [1.54, 1.807) is 24.4 Å². The Morgan fingerprint density at radius 3 is 2.69 bits per heavy atom. The quantitative estimate of drug-likeness (QED) is 0.304. The number of phenols is 1. The Morgan fingerprint density at radius 1 is 1.14 bits per heavy atom. The second kappa shape index (κ2) is 10.5. The molecule has 4 rings (SSSR count). The lowest BCUT2D eigenvalue weighted by Crippen LogP contribution is -2.29. The van der Waals surface area contributed by atoms with Gasteiger partial charge in [0, 0.05) is 43.6 Å². The molecule has 0 aliphatic rings. The standard InChI is InChI=1S/C27H31N7O2/c1-6-26(36)29-21-17-20(18(2)16-23(21)33(5)15-14-32(3)4)30-27-28-12-10-25(31-27)34-13-11-19-22(34)8-7-9-24(19)35/h6-13,16-17,35H,1,14-15H2,2-5H3,(H,29,36)(H,28,30,31). The van der Waals surface area contributed by atoms with Crippen LogP contribution in [0, 0.1) is 6.92 Å². The maximum Gasteiger partial charge on any atom is 0.247 e. The number of hydrogen-bond acceptors (Lipinski definition) is 7. The molecule has 0 radical (unpaired) electrons. The molecular weight excluding hydrogens is 454 g/mol. The van der Waals surface area contributed by atoms with Gasteiger partial charge in [-0.2, -0.15) is 4.98 Å². The SMILES string of the molecule is C=CC(=O)Nc1cc(Nc2nccc(-n3ccc4c(O)cccc43)n2)c(C)cc1N(C)CCN(C)C. The monoisotopic (exact) mass is 485 g/mol. The number of nitrogens with one attached hydrogen (secondary N) is 2. The number of carbonyl (C=O) groups excluding carboxylic acids is 1. The molecule has 0 atom stereocenters. The van der Waals surface area contributed by atoms with Crippen molar-refractivity contribution < 1.29 is 9.90 Å². The van der Waals surface area contributed by atoms with Crippen molar-refractivity contribution in [3.05, 3.63) is 73.1 Å². The molecule has 3 N–H and O–H groups in total. The number of benzene rings is 2. The molecule has 2 heterocycles. The van der Waals surface area contributed by atoms with Crippen LogP contribution in [0.1, 0.15) is 5.56 Å². The summed E-state index contributed by atoms with van der Waals surface area (Å²) >= 11 is 0. The maximum absolute atomic E-state index is 12.2. The van der Waals surface area contributed by atoms with Crippen LogP contribution in [0.5, 0.6) is 5.75 Å². The van der Waals surface area contributed by atoms with Crippen LogP contribution in [0.15, 0.2) is 67.5 Å². The Morgan fingerprint density at radius 2 is 1.94 bits per heavy atom. The van der Waals surface area contributed by atoms with Gasteiger partial charge in [0.2, 0.25) is 11.9 Å². The Bertz CT molecular complexity index is 1410. The number of amides is 1. The van der Waals surface area contributed by atoms with E-state index in [4.69, 9.17) is 0 Å². The predicted octanol–water partition coefficient (Wildman–Crippen LogP) is 4.30. The molecule has 36 heavy (non-hydrogen) atoms. The molecular formula is C27H31N7O2. The molecule has 2 aromatic carbocycles. The van der Waals surface area contributed by atoms with Crippen molar-refractivity contribution in [2.45, 2.75) is 6.92 Å². The number of carbonyl (C=O) groups is 1. The molecule has 186 valence electrons. The summed E-state index contributed by atoms with van der Waals surface area (Å²) in [4.78, 5) is 25.5. The van der Waals surface area contributed by atoms with Crippen LogP contribution in [0.4, 0.5) is 23.0 Å². The summed E-state index contributed by atoms with van der Waals surface area (Å²) in [7, 11) is 6.06. The number of nitrogens with zero attached hydrogens (tertiary/aromatic N) is 5. The van der Waals surface area contributed by atoms with Crippen molar-refractivity contribution in [1.82, 2.24) is 19.4 Å². The van der Waals surface area contributed by atoms with Crippen LogP contribution in [0.2, 0.25) is 0 Å². The number of hydrogen-bond donors (Lipinski definition) is 3. The van der Waals surface area contributed by atoms with Crippen LogP contribution in [-0.4, -0.2) is 64.7 Å². The van der Waals surface area contributed by atoms with E-state index in [0.29, 0.717) is 17.5 Å². The zero-order valence-corrected chi connectivity index (χ0v) is 21.0. The molecule has 0 spiro atoms. The zero-order chi connectivity index (χ0) is 25.8.